The molecule has 8 heteroatoms. The average Bonchev–Trinajstić information content (AvgIpc) is 2.46. The number of nitrogens with zero attached hydrogens (tertiary/aromatic N) is 2. The summed E-state index contributed by atoms with van der Waals surface area (Å²) >= 11 is 1.91. The van der Waals surface area contributed by atoms with E-state index in [4.69, 9.17) is 0 Å². The molecule has 2 heterocycles. The predicted octanol–water partition coefficient (Wildman–Crippen LogP) is 3.67. The van der Waals surface area contributed by atoms with Crippen molar-refractivity contribution in [3.05, 3.63) is 57.8 Å². The van der Waals surface area contributed by atoms with Gasteiger partial charge in [0.05, 0.1) is 0 Å². The molecule has 2 aliphatic heterocycles. The van der Waals surface area contributed by atoms with E-state index in [0.717, 1.165) is 4.90 Å². The highest BCUT2D eigenvalue weighted by Crippen LogP contribution is 2.45. The molecule has 114 valence electrons. The van der Waals surface area contributed by atoms with Crippen LogP contribution in [-0.2, 0) is 5.66 Å². The number of amidine groups is 1. The monoisotopic (exact) mass is 419 g/mol. The number of nitrogens with one attached hydrogen (secondary N) is 1. The normalized spacial score (nSPS) is 24.4. The van der Waals surface area contributed by atoms with Gasteiger partial charge in [0.25, 0.3) is 0 Å². The van der Waals surface area contributed by atoms with Gasteiger partial charge in [0.1, 0.15) is 5.84 Å². The van der Waals surface area contributed by atoms with Crippen molar-refractivity contribution < 1.29 is 18.0 Å². The summed E-state index contributed by atoms with van der Waals surface area (Å²) in [6, 6.07) is 6.24. The van der Waals surface area contributed by atoms with E-state index in [9.17, 15) is 18.0 Å². The molecule has 0 spiro atoms. The molecule has 1 aromatic carbocycles. The number of amides is 2. The standard InChI is InChI=1S/C14H9F3IN3O/c15-14(16,17)13(9-4-2-1-3-5-9)20-12(22)19-11-7-6-10(18)8-21(11)13/h1-8H,(H,20,22). The fraction of sp³-hybridized carbons (Fsp3) is 0.143. The van der Waals surface area contributed by atoms with E-state index in [1.54, 1.807) is 12.1 Å². The molecule has 0 aromatic heterocycles. The first-order chi connectivity index (χ1) is 10.3. The minimum Gasteiger partial charge on any atom is -0.301 e. The second kappa shape index (κ2) is 5.11. The highest BCUT2D eigenvalue weighted by atomic mass is 127. The molecule has 2 aliphatic rings. The molecule has 0 bridgehead atoms. The maximum absolute atomic E-state index is 14.0. The van der Waals surface area contributed by atoms with Crippen LogP contribution >= 0.6 is 22.6 Å². The molecule has 2 amide bonds. The van der Waals surface area contributed by atoms with Gasteiger partial charge in [-0.25, -0.2) is 4.79 Å². The van der Waals surface area contributed by atoms with Crippen LogP contribution in [0.25, 0.3) is 0 Å². The number of hydrogen-bond acceptors (Lipinski definition) is 2. The number of fused-ring (bicyclic) bond motifs is 1. The van der Waals surface area contributed by atoms with Crippen LogP contribution < -0.4 is 5.32 Å². The molecule has 4 nitrogen and oxygen atoms in total. The van der Waals surface area contributed by atoms with Gasteiger partial charge in [-0.2, -0.15) is 18.2 Å². The Labute approximate surface area is 137 Å². The van der Waals surface area contributed by atoms with Crippen molar-refractivity contribution >= 4 is 34.5 Å². The summed E-state index contributed by atoms with van der Waals surface area (Å²) in [6.45, 7) is 0. The fourth-order valence-electron chi connectivity index (χ4n) is 2.44. The summed E-state index contributed by atoms with van der Waals surface area (Å²) in [5.74, 6) is -0.0506. The molecule has 3 rings (SSSR count). The minimum absolute atomic E-state index is 0.0506. The highest BCUT2D eigenvalue weighted by molar-refractivity contribution is 14.1. The number of alkyl halides is 3. The summed E-state index contributed by atoms with van der Waals surface area (Å²) < 4.78 is 42.6. The van der Waals surface area contributed by atoms with E-state index in [-0.39, 0.29) is 11.4 Å². The Kier molecular flexibility index (Phi) is 3.50. The van der Waals surface area contributed by atoms with Gasteiger partial charge < -0.3 is 5.32 Å². The van der Waals surface area contributed by atoms with Gasteiger partial charge in [-0.3, -0.25) is 4.90 Å². The summed E-state index contributed by atoms with van der Waals surface area (Å²) in [6.07, 6.45) is -0.437. The van der Waals surface area contributed by atoms with E-state index in [0.29, 0.717) is 3.58 Å². The van der Waals surface area contributed by atoms with E-state index < -0.39 is 17.9 Å². The van der Waals surface area contributed by atoms with Crippen LogP contribution in [0.15, 0.2) is 57.3 Å². The molecule has 0 radical (unpaired) electrons. The van der Waals surface area contributed by atoms with Gasteiger partial charge >= 0.3 is 12.2 Å². The third-order valence-electron chi connectivity index (χ3n) is 3.36. The summed E-state index contributed by atoms with van der Waals surface area (Å²) in [5.41, 5.74) is -2.76. The summed E-state index contributed by atoms with van der Waals surface area (Å²) in [7, 11) is 0. The zero-order valence-electron chi connectivity index (χ0n) is 10.9. The SMILES string of the molecule is O=C1N=C2C=CC(I)=CN2C(c2ccccc2)(C(F)(F)F)N1. The van der Waals surface area contributed by atoms with Gasteiger partial charge in [-0.05, 0) is 34.7 Å². The first kappa shape index (κ1) is 15.1. The second-order valence-corrected chi connectivity index (χ2v) is 5.94. The van der Waals surface area contributed by atoms with Crippen LogP contribution in [0.3, 0.4) is 0 Å². The van der Waals surface area contributed by atoms with Gasteiger partial charge in [0, 0.05) is 15.3 Å². The molecule has 22 heavy (non-hydrogen) atoms. The number of rotatable bonds is 1. The molecule has 0 saturated heterocycles. The van der Waals surface area contributed by atoms with Crippen LogP contribution in [0.5, 0.6) is 0 Å². The molecular formula is C14H9F3IN3O. The van der Waals surface area contributed by atoms with Crippen molar-refractivity contribution in [1.29, 1.82) is 0 Å². The average molecular weight is 419 g/mol. The second-order valence-electron chi connectivity index (χ2n) is 4.69. The lowest BCUT2D eigenvalue weighted by atomic mass is 9.95. The van der Waals surface area contributed by atoms with Crippen molar-refractivity contribution in [2.45, 2.75) is 11.8 Å². The maximum Gasteiger partial charge on any atom is 0.435 e. The van der Waals surface area contributed by atoms with Crippen molar-refractivity contribution in [2.24, 2.45) is 4.99 Å². The van der Waals surface area contributed by atoms with Crippen LogP contribution in [0.1, 0.15) is 5.56 Å². The Hall–Kier alpha value is -1.84. The van der Waals surface area contributed by atoms with Gasteiger partial charge in [-0.15, -0.1) is 0 Å². The van der Waals surface area contributed by atoms with Gasteiger partial charge in [0.15, 0.2) is 0 Å². The molecule has 0 fully saturated rings. The van der Waals surface area contributed by atoms with E-state index >= 15 is 0 Å². The Morgan fingerprint density at radius 3 is 2.50 bits per heavy atom. The molecule has 0 saturated carbocycles. The van der Waals surface area contributed by atoms with E-state index in [1.165, 1.54) is 36.5 Å². The number of benzene rings is 1. The third-order valence-corrected chi connectivity index (χ3v) is 4.00. The number of aliphatic imine (C=N–C) groups is 1. The predicted molar refractivity (Wildman–Crippen MR) is 83.2 cm³/mol. The first-order valence-corrected chi connectivity index (χ1v) is 7.30. The smallest absolute Gasteiger partial charge is 0.301 e. The number of carbonyl (C=O) groups excluding carboxylic acids is 1. The summed E-state index contributed by atoms with van der Waals surface area (Å²) in [4.78, 5) is 16.3. The summed E-state index contributed by atoms with van der Waals surface area (Å²) in [5, 5.41) is 2.00. The lowest BCUT2D eigenvalue weighted by molar-refractivity contribution is -0.227. The Morgan fingerprint density at radius 1 is 1.18 bits per heavy atom. The fourth-order valence-corrected chi connectivity index (χ4v) is 2.89. The highest BCUT2D eigenvalue weighted by Gasteiger charge is 2.63. The molecule has 1 unspecified atom stereocenters. The number of halogens is 4. The lowest BCUT2D eigenvalue weighted by Crippen LogP contribution is -2.68. The molecular weight excluding hydrogens is 410 g/mol. The number of carbonyl (C=O) groups is 1. The Balaban J connectivity index is 2.28. The van der Waals surface area contributed by atoms with Crippen LogP contribution in [-0.4, -0.2) is 22.9 Å². The van der Waals surface area contributed by atoms with Crippen molar-refractivity contribution in [1.82, 2.24) is 10.2 Å². The van der Waals surface area contributed by atoms with Crippen LogP contribution in [0, 0.1) is 0 Å². The number of hydrogen-bond donors (Lipinski definition) is 1. The molecule has 1 atom stereocenters. The Bertz CT molecular complexity index is 712. The van der Waals surface area contributed by atoms with Gasteiger partial charge in [-0.1, -0.05) is 30.3 Å². The third kappa shape index (κ3) is 2.21. The number of allylic oxidation sites excluding steroid dienone is 2. The lowest BCUT2D eigenvalue weighted by Gasteiger charge is -2.47. The van der Waals surface area contributed by atoms with Crippen LogP contribution in [0.4, 0.5) is 18.0 Å². The number of urea groups is 1. The van der Waals surface area contributed by atoms with Crippen molar-refractivity contribution in [3.63, 3.8) is 0 Å². The van der Waals surface area contributed by atoms with Crippen molar-refractivity contribution in [2.75, 3.05) is 0 Å². The largest absolute Gasteiger partial charge is 0.435 e. The quantitative estimate of drug-likeness (QED) is 0.707. The van der Waals surface area contributed by atoms with Crippen molar-refractivity contribution in [3.8, 4) is 0 Å². The van der Waals surface area contributed by atoms with Crippen LogP contribution in [0.2, 0.25) is 0 Å². The van der Waals surface area contributed by atoms with E-state index in [1.807, 2.05) is 27.9 Å². The molecule has 0 aliphatic carbocycles. The topological polar surface area (TPSA) is 44.7 Å². The first-order valence-electron chi connectivity index (χ1n) is 6.22. The minimum atomic E-state index is -4.75. The zero-order valence-corrected chi connectivity index (χ0v) is 13.1. The molecule has 1 N–H and O–H groups in total. The maximum atomic E-state index is 14.0. The Morgan fingerprint density at radius 2 is 1.86 bits per heavy atom. The van der Waals surface area contributed by atoms with E-state index in [2.05, 4.69) is 4.99 Å². The van der Waals surface area contributed by atoms with Gasteiger partial charge in [0.2, 0.25) is 5.66 Å². The zero-order chi connectivity index (χ0) is 16.0. The molecule has 1 aromatic rings.